The average molecular weight is 866 g/mol. The quantitative estimate of drug-likeness (QED) is 0.233. The molecule has 4 unspecified atom stereocenters. The molecule has 0 spiro atoms. The van der Waals surface area contributed by atoms with E-state index in [9.17, 15) is 37.5 Å². The zero-order valence-corrected chi connectivity index (χ0v) is 37.0. The van der Waals surface area contributed by atoms with Crippen molar-refractivity contribution in [2.45, 2.75) is 148 Å². The zero-order chi connectivity index (χ0) is 45.4. The number of hydrogen-bond donors (Lipinski definition) is 1. The van der Waals surface area contributed by atoms with Gasteiger partial charge in [-0.25, -0.2) is 4.79 Å². The first-order valence-electron chi connectivity index (χ1n) is 21.0. The lowest BCUT2D eigenvalue weighted by Gasteiger charge is -2.47. The fourth-order valence-electron chi connectivity index (χ4n) is 9.48. The van der Waals surface area contributed by atoms with Crippen LogP contribution in [0, 0.1) is 23.7 Å². The molecule has 18 heteroatoms. The van der Waals surface area contributed by atoms with Crippen molar-refractivity contribution in [3.05, 3.63) is 36.0 Å². The first-order valence-corrected chi connectivity index (χ1v) is 21.0. The number of hydrogen-bond acceptors (Lipinski definition) is 13. The molecule has 15 nitrogen and oxygen atoms in total. The molecule has 0 bridgehead atoms. The number of aliphatic hydroxyl groups excluding tert-OH is 1. The lowest BCUT2D eigenvalue weighted by molar-refractivity contribution is -0.295. The summed E-state index contributed by atoms with van der Waals surface area (Å²) in [6.07, 6.45) is -7.20. The highest BCUT2D eigenvalue weighted by molar-refractivity contribution is 6.00. The van der Waals surface area contributed by atoms with Crippen LogP contribution in [0.3, 0.4) is 0 Å². The summed E-state index contributed by atoms with van der Waals surface area (Å²) in [4.78, 5) is 60.2. The maximum Gasteiger partial charge on any atom is 0.416 e. The topological polar surface area (TPSA) is 172 Å². The van der Waals surface area contributed by atoms with Gasteiger partial charge in [0.25, 0.3) is 0 Å². The van der Waals surface area contributed by atoms with Gasteiger partial charge in [0.05, 0.1) is 35.6 Å². The second-order valence-corrected chi connectivity index (χ2v) is 17.7. The number of benzene rings is 1. The first-order chi connectivity index (χ1) is 28.5. The summed E-state index contributed by atoms with van der Waals surface area (Å²) in [6.45, 7) is 13.9. The number of alkyl halides is 3. The predicted octanol–water partition coefficient (Wildman–Crippen LogP) is 5.56. The largest absolute Gasteiger partial charge is 0.458 e. The first kappa shape index (κ1) is 48.1. The van der Waals surface area contributed by atoms with Crippen LogP contribution >= 0.6 is 0 Å². The lowest BCUT2D eigenvalue weighted by atomic mass is 9.73. The SMILES string of the molecule is CC[C@H]1OC(=O)[C@H](C)C(=O)[C@H](C)[C@@H](OC2OC(C)CC(N(C)C)C2O)[C@@](C)(OC)C[C@@H](C)C(=O)[C@H](C)[C@H]2N(CCCn3cc(-c4ccc(C(F)(F)F)cc4)nn3)C(=O)O[C@]12C. The second-order valence-electron chi connectivity index (χ2n) is 17.7. The normalized spacial score (nSPS) is 35.8. The van der Waals surface area contributed by atoms with Crippen LogP contribution in [0.4, 0.5) is 18.0 Å². The van der Waals surface area contributed by atoms with E-state index < -0.39 is 95.1 Å². The van der Waals surface area contributed by atoms with Gasteiger partial charge in [0.15, 0.2) is 17.7 Å². The number of aliphatic hydroxyl groups is 1. The van der Waals surface area contributed by atoms with Gasteiger partial charge in [-0.2, -0.15) is 13.2 Å². The molecule has 1 aromatic carbocycles. The van der Waals surface area contributed by atoms with Crippen LogP contribution in [0.2, 0.25) is 0 Å². The third-order valence-electron chi connectivity index (χ3n) is 13.0. The lowest BCUT2D eigenvalue weighted by Crippen LogP contribution is -2.60. The minimum Gasteiger partial charge on any atom is -0.458 e. The van der Waals surface area contributed by atoms with Gasteiger partial charge < -0.3 is 38.6 Å². The predicted molar refractivity (Wildman–Crippen MR) is 215 cm³/mol. The maximum atomic E-state index is 14.7. The van der Waals surface area contributed by atoms with Gasteiger partial charge in [-0.3, -0.25) is 19.1 Å². The molecule has 4 heterocycles. The molecule has 3 saturated heterocycles. The number of aryl methyl sites for hydroxylation is 1. The Bertz CT molecular complexity index is 1880. The number of esters is 1. The number of nitrogens with zero attached hydrogens (tertiary/aromatic N) is 5. The molecule has 1 amide bonds. The number of carbonyl (C=O) groups is 4. The third-order valence-corrected chi connectivity index (χ3v) is 13.0. The van der Waals surface area contributed by atoms with Crippen LogP contribution in [0.1, 0.15) is 86.6 Å². The van der Waals surface area contributed by atoms with E-state index in [0.29, 0.717) is 24.1 Å². The number of ketones is 2. The maximum absolute atomic E-state index is 14.7. The van der Waals surface area contributed by atoms with Gasteiger partial charge in [0.2, 0.25) is 0 Å². The molecule has 1 N–H and O–H groups in total. The fourth-order valence-corrected chi connectivity index (χ4v) is 9.48. The molecule has 0 radical (unpaired) electrons. The fraction of sp³-hybridized carbons (Fsp3) is 0.721. The third kappa shape index (κ3) is 9.98. The van der Waals surface area contributed by atoms with Crippen molar-refractivity contribution in [2.24, 2.45) is 23.7 Å². The van der Waals surface area contributed by atoms with Crippen molar-refractivity contribution >= 4 is 23.6 Å². The van der Waals surface area contributed by atoms with Crippen molar-refractivity contribution in [3.8, 4) is 11.3 Å². The standard InChI is InChI=1S/C43H62F3N5O10/c1-12-32-42(8)36(51(40(56)61-42)19-13-18-50-22-30(47-48-50)28-14-16-29(17-15-28)43(44,45)46)25(4)33(52)23(2)21-41(7,57-11)37(26(5)34(53)27(6)38(55)59-32)60-39-35(54)31(49(9)10)20-24(3)58-39/h14-17,22-27,31-32,35-37,39,54H,12-13,18-21H2,1-11H3/t23-,24?,25+,26+,27-,31?,32-,35?,36-,37-,39?,41+,42-/m1/s1. The van der Waals surface area contributed by atoms with Gasteiger partial charge >= 0.3 is 18.2 Å². The van der Waals surface area contributed by atoms with Crippen LogP contribution in [-0.4, -0.2) is 135 Å². The number of likely N-dealkylation sites (N-methyl/N-ethyl adjacent to an activating group) is 1. The number of amides is 1. The highest BCUT2D eigenvalue weighted by Gasteiger charge is 2.60. The van der Waals surface area contributed by atoms with Crippen molar-refractivity contribution in [2.75, 3.05) is 27.7 Å². The van der Waals surface area contributed by atoms with E-state index in [-0.39, 0.29) is 43.9 Å². The van der Waals surface area contributed by atoms with E-state index in [1.165, 1.54) is 35.7 Å². The highest BCUT2D eigenvalue weighted by Crippen LogP contribution is 2.43. The van der Waals surface area contributed by atoms with E-state index in [4.69, 9.17) is 23.7 Å². The van der Waals surface area contributed by atoms with Crippen molar-refractivity contribution in [1.82, 2.24) is 24.8 Å². The van der Waals surface area contributed by atoms with Gasteiger partial charge in [-0.05, 0) is 79.6 Å². The number of fused-ring (bicyclic) bond motifs is 1. The number of Topliss-reactive ketones (excluding diaryl/α,β-unsaturated/α-hetero) is 2. The smallest absolute Gasteiger partial charge is 0.416 e. The van der Waals surface area contributed by atoms with Gasteiger partial charge in [-0.1, -0.05) is 45.0 Å². The van der Waals surface area contributed by atoms with Crippen molar-refractivity contribution in [1.29, 1.82) is 0 Å². The molecule has 61 heavy (non-hydrogen) atoms. The molecular weight excluding hydrogens is 803 g/mol. The Morgan fingerprint density at radius 2 is 1.64 bits per heavy atom. The number of rotatable bonds is 10. The molecule has 1 aromatic heterocycles. The molecule has 0 aliphatic carbocycles. The number of aromatic nitrogens is 3. The van der Waals surface area contributed by atoms with Crippen LogP contribution in [0.15, 0.2) is 30.5 Å². The average Bonchev–Trinajstić information content (AvgIpc) is 3.78. The van der Waals surface area contributed by atoms with Crippen LogP contribution < -0.4 is 0 Å². The Kier molecular flexibility index (Phi) is 14.8. The molecule has 3 aliphatic heterocycles. The highest BCUT2D eigenvalue weighted by atomic mass is 19.4. The van der Waals surface area contributed by atoms with E-state index in [0.717, 1.165) is 12.1 Å². The van der Waals surface area contributed by atoms with Crippen LogP contribution in [0.5, 0.6) is 0 Å². The van der Waals surface area contributed by atoms with Crippen molar-refractivity contribution in [3.63, 3.8) is 0 Å². The summed E-state index contributed by atoms with van der Waals surface area (Å²) < 4.78 is 71.8. The van der Waals surface area contributed by atoms with E-state index in [1.807, 2.05) is 25.9 Å². The van der Waals surface area contributed by atoms with E-state index >= 15 is 0 Å². The summed E-state index contributed by atoms with van der Waals surface area (Å²) >= 11 is 0. The molecule has 5 rings (SSSR count). The van der Waals surface area contributed by atoms with Crippen molar-refractivity contribution < 1.29 is 61.1 Å². The minimum absolute atomic E-state index is 0.0618. The molecule has 3 aliphatic rings. The Morgan fingerprint density at radius 1 is 0.984 bits per heavy atom. The summed E-state index contributed by atoms with van der Waals surface area (Å²) in [5.41, 5.74) is -2.82. The summed E-state index contributed by atoms with van der Waals surface area (Å²) in [5, 5.41) is 19.7. The van der Waals surface area contributed by atoms with E-state index in [1.54, 1.807) is 47.7 Å². The molecule has 2 aromatic rings. The van der Waals surface area contributed by atoms with Gasteiger partial charge in [0, 0.05) is 49.6 Å². The Morgan fingerprint density at radius 3 is 2.23 bits per heavy atom. The van der Waals surface area contributed by atoms with E-state index in [2.05, 4.69) is 10.3 Å². The number of methoxy groups -OCH3 is 1. The molecule has 0 saturated carbocycles. The number of ether oxygens (including phenoxy) is 5. The summed E-state index contributed by atoms with van der Waals surface area (Å²) in [7, 11) is 5.14. The molecule has 340 valence electrons. The second kappa shape index (κ2) is 18.8. The Labute approximate surface area is 355 Å². The molecular formula is C43H62F3N5O10. The monoisotopic (exact) mass is 865 g/mol. The number of cyclic esters (lactones) is 1. The summed E-state index contributed by atoms with van der Waals surface area (Å²) in [6, 6.07) is 3.34. The molecule has 3 fully saturated rings. The van der Waals surface area contributed by atoms with Gasteiger partial charge in [0.1, 0.15) is 29.6 Å². The summed E-state index contributed by atoms with van der Waals surface area (Å²) in [5.74, 6) is -5.46. The number of carbonyl (C=O) groups excluding carboxylic acids is 4. The zero-order valence-electron chi connectivity index (χ0n) is 37.0. The van der Waals surface area contributed by atoms with Gasteiger partial charge in [-0.15, -0.1) is 5.10 Å². The Balaban J connectivity index is 1.44. The molecule has 13 atom stereocenters. The van der Waals surface area contributed by atoms with Crippen LogP contribution in [-0.2, 0) is 50.8 Å². The minimum atomic E-state index is -4.47. The Hall–Kier alpha value is -3.97. The van der Waals surface area contributed by atoms with Crippen LogP contribution in [0.25, 0.3) is 11.3 Å². The number of halogens is 3.